The van der Waals surface area contributed by atoms with Gasteiger partial charge < -0.3 is 5.11 Å². The fraction of sp³-hybridized carbons (Fsp3) is 0.818. The van der Waals surface area contributed by atoms with Crippen LogP contribution in [0.4, 0.5) is 0 Å². The Kier molecular flexibility index (Phi) is 8.57. The molecule has 1 heteroatoms. The summed E-state index contributed by atoms with van der Waals surface area (Å²) in [6, 6.07) is 0. The van der Waals surface area contributed by atoms with E-state index >= 15 is 0 Å². The quantitative estimate of drug-likeness (QED) is 0.459. The van der Waals surface area contributed by atoms with E-state index in [1.807, 2.05) is 0 Å². The fourth-order valence-corrected chi connectivity index (χ4v) is 1.20. The molecule has 1 nitrogen and oxygen atoms in total. The van der Waals surface area contributed by atoms with Crippen molar-refractivity contribution in [2.45, 2.75) is 52.4 Å². The largest absolute Gasteiger partial charge is 0.392 e. The number of aliphatic hydroxyl groups excluding tert-OH is 1. The summed E-state index contributed by atoms with van der Waals surface area (Å²) >= 11 is 0. The van der Waals surface area contributed by atoms with Gasteiger partial charge in [0, 0.05) is 0 Å². The zero-order valence-corrected chi connectivity index (χ0v) is 8.47. The average Bonchev–Trinajstić information content (AvgIpc) is 2.11. The maximum atomic E-state index is 8.86. The zero-order chi connectivity index (χ0) is 9.23. The topological polar surface area (TPSA) is 20.2 Å². The van der Waals surface area contributed by atoms with Gasteiger partial charge in [0.1, 0.15) is 0 Å². The summed E-state index contributed by atoms with van der Waals surface area (Å²) in [4.78, 5) is 0. The summed E-state index contributed by atoms with van der Waals surface area (Å²) in [6.07, 6.45) is 9.56. The monoisotopic (exact) mass is 170 g/mol. The van der Waals surface area contributed by atoms with Crippen LogP contribution in [-0.2, 0) is 0 Å². The molecule has 1 N–H and O–H groups in total. The van der Waals surface area contributed by atoms with Crippen molar-refractivity contribution in [1.29, 1.82) is 0 Å². The molecule has 0 saturated carbocycles. The summed E-state index contributed by atoms with van der Waals surface area (Å²) in [6.45, 7) is 4.55. The van der Waals surface area contributed by atoms with E-state index in [2.05, 4.69) is 19.9 Å². The van der Waals surface area contributed by atoms with Crippen LogP contribution in [0.25, 0.3) is 0 Å². The molecule has 0 aromatic rings. The van der Waals surface area contributed by atoms with Gasteiger partial charge in [-0.15, -0.1) is 0 Å². The molecule has 72 valence electrons. The van der Waals surface area contributed by atoms with Gasteiger partial charge in [-0.25, -0.2) is 0 Å². The second-order valence-corrected chi connectivity index (χ2v) is 3.22. The van der Waals surface area contributed by atoms with Crippen molar-refractivity contribution >= 4 is 0 Å². The van der Waals surface area contributed by atoms with Crippen molar-refractivity contribution in [3.63, 3.8) is 0 Å². The summed E-state index contributed by atoms with van der Waals surface area (Å²) in [5, 5.41) is 8.86. The zero-order valence-electron chi connectivity index (χ0n) is 8.47. The van der Waals surface area contributed by atoms with Gasteiger partial charge in [0.2, 0.25) is 0 Å². The molecule has 0 aliphatic heterocycles. The Labute approximate surface area is 76.5 Å². The Balaban J connectivity index is 3.31. The number of rotatable bonds is 7. The Bertz CT molecular complexity index is 110. The molecule has 0 unspecified atom stereocenters. The normalized spacial score (nSPS) is 12.1. The highest BCUT2D eigenvalue weighted by Crippen LogP contribution is 2.06. The molecule has 12 heavy (non-hydrogen) atoms. The Morgan fingerprint density at radius 1 is 1.17 bits per heavy atom. The lowest BCUT2D eigenvalue weighted by molar-refractivity contribution is 0.327. The van der Waals surface area contributed by atoms with E-state index in [4.69, 9.17) is 5.11 Å². The smallest absolute Gasteiger partial charge is 0.0641 e. The van der Waals surface area contributed by atoms with Crippen molar-refractivity contribution in [2.75, 3.05) is 6.61 Å². The van der Waals surface area contributed by atoms with Gasteiger partial charge in [-0.2, -0.15) is 0 Å². The molecule has 0 bridgehead atoms. The molecule has 0 saturated heterocycles. The molecular formula is C11H22O. The minimum atomic E-state index is 0.240. The van der Waals surface area contributed by atoms with Crippen LogP contribution in [0.2, 0.25) is 0 Å². The maximum absolute atomic E-state index is 8.86. The molecule has 0 amide bonds. The Morgan fingerprint density at radius 3 is 2.42 bits per heavy atom. The molecule has 0 aliphatic carbocycles. The van der Waals surface area contributed by atoms with Gasteiger partial charge in [0.05, 0.1) is 6.61 Å². The summed E-state index contributed by atoms with van der Waals surface area (Å²) in [7, 11) is 0. The van der Waals surface area contributed by atoms with Crippen molar-refractivity contribution in [3.8, 4) is 0 Å². The van der Waals surface area contributed by atoms with E-state index in [1.165, 1.54) is 31.3 Å². The summed E-state index contributed by atoms with van der Waals surface area (Å²) in [5.41, 5.74) is 1.19. The van der Waals surface area contributed by atoms with Crippen LogP contribution in [0.15, 0.2) is 11.6 Å². The van der Waals surface area contributed by atoms with Crippen molar-refractivity contribution in [2.24, 2.45) is 0 Å². The third kappa shape index (κ3) is 6.41. The number of aliphatic hydroxyl groups is 1. The first-order valence-corrected chi connectivity index (χ1v) is 5.13. The SMILES string of the molecule is CCCCCCC=C(CC)CO. The molecule has 0 rings (SSSR count). The lowest BCUT2D eigenvalue weighted by Gasteiger charge is -1.99. The van der Waals surface area contributed by atoms with Crippen molar-refractivity contribution in [1.82, 2.24) is 0 Å². The molecular weight excluding hydrogens is 148 g/mol. The standard InChI is InChI=1S/C11H22O/c1-3-5-6-7-8-9-11(4-2)10-12/h9,12H,3-8,10H2,1-2H3. The lowest BCUT2D eigenvalue weighted by Crippen LogP contribution is -1.87. The molecule has 0 spiro atoms. The van der Waals surface area contributed by atoms with Crippen molar-refractivity contribution in [3.05, 3.63) is 11.6 Å². The number of unbranched alkanes of at least 4 members (excludes halogenated alkanes) is 4. The van der Waals surface area contributed by atoms with E-state index in [-0.39, 0.29) is 6.61 Å². The van der Waals surface area contributed by atoms with Crippen LogP contribution in [0.1, 0.15) is 52.4 Å². The number of hydrogen-bond donors (Lipinski definition) is 1. The van der Waals surface area contributed by atoms with E-state index in [0.717, 1.165) is 12.8 Å². The molecule has 0 atom stereocenters. The van der Waals surface area contributed by atoms with E-state index in [1.54, 1.807) is 0 Å². The first kappa shape index (κ1) is 11.7. The third-order valence-corrected chi connectivity index (χ3v) is 2.15. The molecule has 0 fully saturated rings. The predicted molar refractivity (Wildman–Crippen MR) is 54.2 cm³/mol. The fourth-order valence-electron chi connectivity index (χ4n) is 1.20. The predicted octanol–water partition coefficient (Wildman–Crippen LogP) is 3.29. The Morgan fingerprint density at radius 2 is 1.92 bits per heavy atom. The highest BCUT2D eigenvalue weighted by atomic mass is 16.3. The van der Waals surface area contributed by atoms with Gasteiger partial charge in [-0.3, -0.25) is 0 Å². The second kappa shape index (κ2) is 8.79. The molecule has 0 aromatic carbocycles. The first-order valence-electron chi connectivity index (χ1n) is 5.13. The van der Waals surface area contributed by atoms with Crippen molar-refractivity contribution < 1.29 is 5.11 Å². The van der Waals surface area contributed by atoms with Gasteiger partial charge in [0.25, 0.3) is 0 Å². The molecule has 0 aliphatic rings. The molecule has 0 heterocycles. The van der Waals surface area contributed by atoms with Crippen LogP contribution in [0, 0.1) is 0 Å². The van der Waals surface area contributed by atoms with Gasteiger partial charge in [-0.05, 0) is 24.8 Å². The van der Waals surface area contributed by atoms with E-state index < -0.39 is 0 Å². The van der Waals surface area contributed by atoms with E-state index in [9.17, 15) is 0 Å². The van der Waals surface area contributed by atoms with Crippen LogP contribution in [0.3, 0.4) is 0 Å². The number of hydrogen-bond acceptors (Lipinski definition) is 1. The van der Waals surface area contributed by atoms with Crippen LogP contribution >= 0.6 is 0 Å². The van der Waals surface area contributed by atoms with E-state index in [0.29, 0.717) is 0 Å². The Hall–Kier alpha value is -0.300. The highest BCUT2D eigenvalue weighted by molar-refractivity contribution is 5.00. The summed E-state index contributed by atoms with van der Waals surface area (Å²) in [5.74, 6) is 0. The molecule has 0 aromatic heterocycles. The van der Waals surface area contributed by atoms with Crippen LogP contribution < -0.4 is 0 Å². The summed E-state index contributed by atoms with van der Waals surface area (Å²) < 4.78 is 0. The average molecular weight is 170 g/mol. The lowest BCUT2D eigenvalue weighted by atomic mass is 10.1. The molecule has 0 radical (unpaired) electrons. The van der Waals surface area contributed by atoms with Crippen LogP contribution in [-0.4, -0.2) is 11.7 Å². The minimum Gasteiger partial charge on any atom is -0.392 e. The second-order valence-electron chi connectivity index (χ2n) is 3.22. The van der Waals surface area contributed by atoms with Gasteiger partial charge in [-0.1, -0.05) is 39.2 Å². The van der Waals surface area contributed by atoms with Gasteiger partial charge in [0.15, 0.2) is 0 Å². The maximum Gasteiger partial charge on any atom is 0.0641 e. The van der Waals surface area contributed by atoms with Gasteiger partial charge >= 0.3 is 0 Å². The first-order chi connectivity index (χ1) is 5.85. The minimum absolute atomic E-state index is 0.240. The number of allylic oxidation sites excluding steroid dienone is 1. The highest BCUT2D eigenvalue weighted by Gasteiger charge is 1.90. The third-order valence-electron chi connectivity index (χ3n) is 2.15. The van der Waals surface area contributed by atoms with Crippen LogP contribution in [0.5, 0.6) is 0 Å².